The van der Waals surface area contributed by atoms with Crippen LogP contribution in [-0.4, -0.2) is 0 Å². The predicted molar refractivity (Wildman–Crippen MR) is 103 cm³/mol. The van der Waals surface area contributed by atoms with Crippen molar-refractivity contribution < 1.29 is 53.4 Å². The lowest BCUT2D eigenvalue weighted by molar-refractivity contribution is -0.176. The minimum atomic E-state index is -6.27. The molecule has 14 heteroatoms. The maximum absolute atomic E-state index is 15.3. The number of rotatable bonds is 4. The molecule has 0 aliphatic carbocycles. The lowest BCUT2D eigenvalue weighted by atomic mass is 9.96. The molecule has 4 N–H and O–H groups in total. The summed E-state index contributed by atoms with van der Waals surface area (Å²) in [7, 11) is 0. The Balaban J connectivity index is 2.48. The number of hydrogen-bond acceptors (Lipinski definition) is 4. The summed E-state index contributed by atoms with van der Waals surface area (Å²) < 4.78 is 149. The Kier molecular flexibility index (Phi) is 6.44. The number of benzene rings is 3. The van der Waals surface area contributed by atoms with Crippen LogP contribution < -0.4 is 20.9 Å². The number of halogens is 10. The average molecular weight is 514 g/mol. The molecule has 0 aliphatic heterocycles. The first kappa shape index (κ1) is 25.8. The highest BCUT2D eigenvalue weighted by Gasteiger charge is 2.55. The lowest BCUT2D eigenvalue weighted by Crippen LogP contribution is -2.25. The van der Waals surface area contributed by atoms with E-state index in [2.05, 4.69) is 0 Å². The monoisotopic (exact) mass is 514 g/mol. The number of alkyl halides is 9. The van der Waals surface area contributed by atoms with Gasteiger partial charge in [-0.05, 0) is 24.3 Å². The third kappa shape index (κ3) is 5.46. The summed E-state index contributed by atoms with van der Waals surface area (Å²) in [4.78, 5) is 0. The number of hydrogen-bond donors (Lipinski definition) is 2. The van der Waals surface area contributed by atoms with Crippen LogP contribution in [0.15, 0.2) is 48.5 Å². The summed E-state index contributed by atoms with van der Waals surface area (Å²) in [6.45, 7) is 0. The second kappa shape index (κ2) is 8.74. The Labute approximate surface area is 189 Å². The van der Waals surface area contributed by atoms with Crippen molar-refractivity contribution in [1.82, 2.24) is 0 Å². The van der Waals surface area contributed by atoms with E-state index in [1.165, 1.54) is 12.1 Å². The molecule has 188 valence electrons. The second-order valence-electron chi connectivity index (χ2n) is 6.94. The van der Waals surface area contributed by atoms with Crippen LogP contribution in [0, 0.1) is 5.82 Å². The average Bonchev–Trinajstić information content (AvgIpc) is 2.68. The summed E-state index contributed by atoms with van der Waals surface area (Å²) in [5, 5.41) is 0. The van der Waals surface area contributed by atoms with Gasteiger partial charge in [-0.1, -0.05) is 12.1 Å². The normalized spacial score (nSPS) is 12.5. The second-order valence-corrected chi connectivity index (χ2v) is 6.94. The maximum Gasteiger partial charge on any atom is 0.420 e. The Morgan fingerprint density at radius 2 is 0.886 bits per heavy atom. The van der Waals surface area contributed by atoms with Gasteiger partial charge in [0.2, 0.25) is 5.82 Å². The maximum atomic E-state index is 15.3. The van der Waals surface area contributed by atoms with Crippen molar-refractivity contribution >= 4 is 11.4 Å². The van der Waals surface area contributed by atoms with Gasteiger partial charge in [0, 0.05) is 23.5 Å². The van der Waals surface area contributed by atoms with Gasteiger partial charge in [0.05, 0.1) is 5.56 Å². The van der Waals surface area contributed by atoms with Gasteiger partial charge in [0.1, 0.15) is 22.6 Å². The molecule has 0 atom stereocenters. The SMILES string of the molecule is Nc1cccc(Oc2c(F)c(Oc3cccc(N)c3)c(C(F)(F)F)c(C(F)(F)F)c2C(F)(F)F)c1. The molecule has 0 saturated carbocycles. The molecule has 0 saturated heterocycles. The molecular formula is C21H12F10N2O2. The van der Waals surface area contributed by atoms with Crippen molar-refractivity contribution in [2.24, 2.45) is 0 Å². The summed E-state index contributed by atoms with van der Waals surface area (Å²) in [6.07, 6.45) is -18.6. The van der Waals surface area contributed by atoms with Crippen molar-refractivity contribution in [1.29, 1.82) is 0 Å². The van der Waals surface area contributed by atoms with Crippen LogP contribution in [0.5, 0.6) is 23.0 Å². The largest absolute Gasteiger partial charge is 0.453 e. The van der Waals surface area contributed by atoms with E-state index >= 15 is 4.39 Å². The number of anilines is 2. The van der Waals surface area contributed by atoms with Crippen molar-refractivity contribution in [2.45, 2.75) is 18.5 Å². The van der Waals surface area contributed by atoms with E-state index in [0.717, 1.165) is 36.4 Å². The molecule has 0 aromatic heterocycles. The fourth-order valence-electron chi connectivity index (χ4n) is 3.08. The van der Waals surface area contributed by atoms with Gasteiger partial charge in [-0.15, -0.1) is 0 Å². The Hall–Kier alpha value is -3.84. The molecule has 0 radical (unpaired) electrons. The van der Waals surface area contributed by atoms with Crippen molar-refractivity contribution in [3.63, 3.8) is 0 Å². The van der Waals surface area contributed by atoms with E-state index in [9.17, 15) is 39.5 Å². The molecule has 3 aromatic rings. The highest BCUT2D eigenvalue weighted by atomic mass is 19.4. The molecule has 0 fully saturated rings. The van der Waals surface area contributed by atoms with Crippen LogP contribution in [-0.2, 0) is 18.5 Å². The molecule has 0 spiro atoms. The van der Waals surface area contributed by atoms with E-state index in [1.54, 1.807) is 0 Å². The first-order valence-electron chi connectivity index (χ1n) is 9.18. The molecule has 0 heterocycles. The number of nitrogens with two attached hydrogens (primary N) is 2. The van der Waals surface area contributed by atoms with Crippen LogP contribution in [0.4, 0.5) is 55.3 Å². The van der Waals surface area contributed by atoms with Gasteiger partial charge < -0.3 is 20.9 Å². The van der Waals surface area contributed by atoms with Crippen molar-refractivity contribution in [3.05, 3.63) is 71.0 Å². The minimum Gasteiger partial charge on any atom is -0.453 e. The van der Waals surface area contributed by atoms with Crippen LogP contribution in [0.25, 0.3) is 0 Å². The van der Waals surface area contributed by atoms with Gasteiger partial charge in [-0.2, -0.15) is 43.9 Å². The fourth-order valence-corrected chi connectivity index (χ4v) is 3.08. The highest BCUT2D eigenvalue weighted by Crippen LogP contribution is 2.56. The minimum absolute atomic E-state index is 0.143. The number of nitrogen functional groups attached to an aromatic ring is 2. The molecule has 35 heavy (non-hydrogen) atoms. The first-order chi connectivity index (χ1) is 16.0. The van der Waals surface area contributed by atoms with Crippen molar-refractivity contribution in [2.75, 3.05) is 11.5 Å². The molecule has 0 bridgehead atoms. The molecule has 4 nitrogen and oxygen atoms in total. The van der Waals surface area contributed by atoms with Crippen LogP contribution in [0.1, 0.15) is 16.7 Å². The van der Waals surface area contributed by atoms with Gasteiger partial charge in [-0.25, -0.2) is 0 Å². The van der Waals surface area contributed by atoms with Crippen molar-refractivity contribution in [3.8, 4) is 23.0 Å². The van der Waals surface area contributed by atoms with Crippen LogP contribution >= 0.6 is 0 Å². The molecule has 3 aromatic carbocycles. The third-order valence-corrected chi connectivity index (χ3v) is 4.36. The summed E-state index contributed by atoms with van der Waals surface area (Å²) in [5.41, 5.74) is 1.29. The third-order valence-electron chi connectivity index (χ3n) is 4.36. The standard InChI is InChI=1S/C21H12F10N2O2/c22-16-17(34-11-5-1-3-9(32)7-11)14(20(26,27)28)13(19(23,24)25)15(21(29,30)31)18(16)35-12-6-2-4-10(33)8-12/h1-8H,32-33H2. The fraction of sp³-hybridized carbons (Fsp3) is 0.143. The van der Waals surface area contributed by atoms with E-state index in [4.69, 9.17) is 20.9 Å². The zero-order chi connectivity index (χ0) is 26.3. The molecule has 0 aliphatic rings. The molecule has 0 amide bonds. The lowest BCUT2D eigenvalue weighted by Gasteiger charge is -2.26. The summed E-state index contributed by atoms with van der Waals surface area (Å²) >= 11 is 0. The van der Waals surface area contributed by atoms with Gasteiger partial charge >= 0.3 is 18.5 Å². The zero-order valence-electron chi connectivity index (χ0n) is 16.9. The molecule has 3 rings (SSSR count). The molecular weight excluding hydrogens is 502 g/mol. The predicted octanol–water partition coefficient (Wildman–Crippen LogP) is 7.63. The Morgan fingerprint density at radius 1 is 0.543 bits per heavy atom. The van der Waals surface area contributed by atoms with Gasteiger partial charge in [-0.3, -0.25) is 0 Å². The Bertz CT molecular complexity index is 1160. The van der Waals surface area contributed by atoms with E-state index < -0.39 is 64.0 Å². The highest BCUT2D eigenvalue weighted by molar-refractivity contribution is 5.60. The smallest absolute Gasteiger partial charge is 0.420 e. The Morgan fingerprint density at radius 3 is 1.17 bits per heavy atom. The quantitative estimate of drug-likeness (QED) is 0.278. The first-order valence-corrected chi connectivity index (χ1v) is 9.18. The van der Waals surface area contributed by atoms with E-state index in [0.29, 0.717) is 0 Å². The van der Waals surface area contributed by atoms with Crippen LogP contribution in [0.2, 0.25) is 0 Å². The van der Waals surface area contributed by atoms with Crippen LogP contribution in [0.3, 0.4) is 0 Å². The number of ether oxygens (including phenoxy) is 2. The van der Waals surface area contributed by atoms with E-state index in [-0.39, 0.29) is 11.4 Å². The zero-order valence-corrected chi connectivity index (χ0v) is 16.9. The van der Waals surface area contributed by atoms with Gasteiger partial charge in [0.25, 0.3) is 0 Å². The molecule has 0 unspecified atom stereocenters. The summed E-state index contributed by atoms with van der Waals surface area (Å²) in [6, 6.07) is 8.10. The van der Waals surface area contributed by atoms with E-state index in [1.807, 2.05) is 0 Å². The van der Waals surface area contributed by atoms with Gasteiger partial charge in [0.15, 0.2) is 11.5 Å². The summed E-state index contributed by atoms with van der Waals surface area (Å²) in [5.74, 6) is -8.23. The topological polar surface area (TPSA) is 70.5 Å².